The molecule has 0 unspecified atom stereocenters. The van der Waals surface area contributed by atoms with E-state index in [2.05, 4.69) is 4.98 Å². The van der Waals surface area contributed by atoms with Crippen LogP contribution in [0.5, 0.6) is 0 Å². The van der Waals surface area contributed by atoms with Crippen molar-refractivity contribution in [3.8, 4) is 0 Å². The van der Waals surface area contributed by atoms with Gasteiger partial charge in [0.05, 0.1) is 11.2 Å². The summed E-state index contributed by atoms with van der Waals surface area (Å²) in [6, 6.07) is 0. The monoisotopic (exact) mass is 302 g/mol. The SMILES string of the molecule is CC1(C)OB(c2cncc(S(N)(=O)=O)c2F)OC1(C)C. The highest BCUT2D eigenvalue weighted by Crippen LogP contribution is 2.36. The van der Waals surface area contributed by atoms with Crippen molar-refractivity contribution in [1.29, 1.82) is 0 Å². The van der Waals surface area contributed by atoms with E-state index in [-0.39, 0.29) is 5.46 Å². The van der Waals surface area contributed by atoms with Crippen LogP contribution in [0, 0.1) is 5.82 Å². The smallest absolute Gasteiger partial charge is 0.399 e. The largest absolute Gasteiger partial charge is 0.499 e. The van der Waals surface area contributed by atoms with E-state index in [1.165, 1.54) is 6.20 Å². The molecule has 2 N–H and O–H groups in total. The van der Waals surface area contributed by atoms with Gasteiger partial charge >= 0.3 is 7.12 Å². The molecule has 1 fully saturated rings. The second-order valence-corrected chi connectivity index (χ2v) is 7.20. The van der Waals surface area contributed by atoms with Crippen molar-refractivity contribution in [3.63, 3.8) is 0 Å². The van der Waals surface area contributed by atoms with Gasteiger partial charge in [0.15, 0.2) is 0 Å². The van der Waals surface area contributed by atoms with Gasteiger partial charge in [-0.25, -0.2) is 17.9 Å². The van der Waals surface area contributed by atoms with Crippen LogP contribution in [0.4, 0.5) is 4.39 Å². The van der Waals surface area contributed by atoms with Crippen LogP contribution < -0.4 is 10.6 Å². The zero-order chi connectivity index (χ0) is 15.3. The van der Waals surface area contributed by atoms with Crippen LogP contribution in [0.3, 0.4) is 0 Å². The molecule has 110 valence electrons. The van der Waals surface area contributed by atoms with E-state index in [0.29, 0.717) is 0 Å². The van der Waals surface area contributed by atoms with Gasteiger partial charge in [-0.3, -0.25) is 4.98 Å². The Labute approximate surface area is 117 Å². The fourth-order valence-electron chi connectivity index (χ4n) is 1.77. The van der Waals surface area contributed by atoms with E-state index in [1.807, 2.05) is 27.7 Å². The van der Waals surface area contributed by atoms with E-state index >= 15 is 0 Å². The molecule has 1 aromatic heterocycles. The van der Waals surface area contributed by atoms with E-state index in [1.54, 1.807) is 0 Å². The Bertz CT molecular complexity index is 632. The number of primary sulfonamides is 1. The molecule has 0 amide bonds. The third kappa shape index (κ3) is 2.46. The minimum atomic E-state index is -4.19. The predicted octanol–water partition coefficient (Wildman–Crippen LogP) is 0.167. The van der Waals surface area contributed by atoms with Crippen molar-refractivity contribution in [2.24, 2.45) is 5.14 Å². The Kier molecular flexibility index (Phi) is 3.45. The lowest BCUT2D eigenvalue weighted by molar-refractivity contribution is 0.00578. The molecule has 2 heterocycles. The fraction of sp³-hybridized carbons (Fsp3) is 0.545. The highest BCUT2D eigenvalue weighted by atomic mass is 32.2. The summed E-state index contributed by atoms with van der Waals surface area (Å²) in [6.07, 6.45) is 2.03. The topological polar surface area (TPSA) is 91.5 Å². The van der Waals surface area contributed by atoms with Gasteiger partial charge in [0, 0.05) is 17.9 Å². The van der Waals surface area contributed by atoms with Crippen LogP contribution in [0.15, 0.2) is 17.3 Å². The number of aromatic nitrogens is 1. The molecule has 0 aromatic carbocycles. The number of rotatable bonds is 2. The summed E-state index contributed by atoms with van der Waals surface area (Å²) >= 11 is 0. The van der Waals surface area contributed by atoms with Crippen LogP contribution in [0.2, 0.25) is 0 Å². The van der Waals surface area contributed by atoms with Gasteiger partial charge in [0.2, 0.25) is 10.0 Å². The van der Waals surface area contributed by atoms with Crippen molar-refractivity contribution in [3.05, 3.63) is 18.2 Å². The maximum Gasteiger partial charge on any atom is 0.499 e. The molecule has 6 nitrogen and oxygen atoms in total. The summed E-state index contributed by atoms with van der Waals surface area (Å²) < 4.78 is 48.2. The number of sulfonamides is 1. The highest BCUT2D eigenvalue weighted by Gasteiger charge is 2.52. The maximum atomic E-state index is 14.3. The Morgan fingerprint density at radius 1 is 1.20 bits per heavy atom. The quantitative estimate of drug-likeness (QED) is 0.786. The summed E-state index contributed by atoms with van der Waals surface area (Å²) in [5, 5.41) is 4.94. The molecule has 0 aliphatic carbocycles. The van der Waals surface area contributed by atoms with Crippen LogP contribution in [0.25, 0.3) is 0 Å². The Morgan fingerprint density at radius 2 is 1.70 bits per heavy atom. The molecule has 0 radical (unpaired) electrons. The molecule has 9 heteroatoms. The van der Waals surface area contributed by atoms with E-state index in [4.69, 9.17) is 14.4 Å². The van der Waals surface area contributed by atoms with E-state index in [0.717, 1.165) is 6.20 Å². The first-order valence-electron chi connectivity index (χ1n) is 5.97. The van der Waals surface area contributed by atoms with Gasteiger partial charge in [-0.2, -0.15) is 0 Å². The molecule has 0 atom stereocenters. The average molecular weight is 302 g/mol. The predicted molar refractivity (Wildman–Crippen MR) is 71.3 cm³/mol. The second-order valence-electron chi connectivity index (χ2n) is 5.67. The normalized spacial score (nSPS) is 21.2. The van der Waals surface area contributed by atoms with Crippen LogP contribution in [-0.4, -0.2) is 31.7 Å². The van der Waals surface area contributed by atoms with E-state index < -0.39 is 39.1 Å². The van der Waals surface area contributed by atoms with Gasteiger partial charge < -0.3 is 9.31 Å². The van der Waals surface area contributed by atoms with Crippen molar-refractivity contribution < 1.29 is 22.1 Å². The molecular formula is C11H16BFN2O4S. The first kappa shape index (κ1) is 15.4. The van der Waals surface area contributed by atoms with Gasteiger partial charge in [-0.05, 0) is 27.7 Å². The first-order valence-corrected chi connectivity index (χ1v) is 7.52. The number of hydrogen-bond donors (Lipinski definition) is 1. The van der Waals surface area contributed by atoms with Crippen LogP contribution in [0.1, 0.15) is 27.7 Å². The summed E-state index contributed by atoms with van der Waals surface area (Å²) in [4.78, 5) is 3.02. The van der Waals surface area contributed by atoms with E-state index in [9.17, 15) is 12.8 Å². The highest BCUT2D eigenvalue weighted by molar-refractivity contribution is 7.89. The molecule has 2 rings (SSSR count). The Morgan fingerprint density at radius 3 is 2.15 bits per heavy atom. The van der Waals surface area contributed by atoms with Crippen LogP contribution in [-0.2, 0) is 19.3 Å². The molecule has 0 bridgehead atoms. The van der Waals surface area contributed by atoms with Crippen molar-refractivity contribution in [2.45, 2.75) is 43.8 Å². The summed E-state index contributed by atoms with van der Waals surface area (Å²) in [6.45, 7) is 7.23. The number of nitrogens with two attached hydrogens (primary N) is 1. The Balaban J connectivity index is 2.47. The maximum absolute atomic E-state index is 14.3. The van der Waals surface area contributed by atoms with Crippen molar-refractivity contribution in [2.75, 3.05) is 0 Å². The zero-order valence-electron chi connectivity index (χ0n) is 11.7. The van der Waals surface area contributed by atoms with Gasteiger partial charge in [0.25, 0.3) is 0 Å². The summed E-state index contributed by atoms with van der Waals surface area (Å²) in [7, 11) is -5.22. The average Bonchev–Trinajstić information content (AvgIpc) is 2.46. The molecular weight excluding hydrogens is 286 g/mol. The first-order chi connectivity index (χ1) is 8.96. The summed E-state index contributed by atoms with van der Waals surface area (Å²) in [5.41, 5.74) is -1.42. The molecule has 1 aliphatic rings. The van der Waals surface area contributed by atoms with Gasteiger partial charge in [0.1, 0.15) is 10.7 Å². The number of pyridine rings is 1. The lowest BCUT2D eigenvalue weighted by Gasteiger charge is -2.32. The second kappa shape index (κ2) is 4.49. The zero-order valence-corrected chi connectivity index (χ0v) is 12.5. The number of halogens is 1. The summed E-state index contributed by atoms with van der Waals surface area (Å²) in [5.74, 6) is -0.999. The minimum Gasteiger partial charge on any atom is -0.399 e. The number of hydrogen-bond acceptors (Lipinski definition) is 5. The van der Waals surface area contributed by atoms with Crippen LogP contribution >= 0.6 is 0 Å². The lowest BCUT2D eigenvalue weighted by atomic mass is 9.80. The van der Waals surface area contributed by atoms with Crippen molar-refractivity contribution in [1.82, 2.24) is 4.98 Å². The standard InChI is InChI=1S/C11H16BFN2O4S/c1-10(2)11(3,4)19-12(18-10)7-5-15-6-8(9(7)13)20(14,16)17/h5-6H,1-4H3,(H2,14,16,17). The van der Waals surface area contributed by atoms with Gasteiger partial charge in [-0.1, -0.05) is 0 Å². The number of nitrogens with zero attached hydrogens (tertiary/aromatic N) is 1. The molecule has 0 saturated carbocycles. The minimum absolute atomic E-state index is 0.0878. The van der Waals surface area contributed by atoms with Gasteiger partial charge in [-0.15, -0.1) is 0 Å². The molecule has 0 spiro atoms. The molecule has 1 aromatic rings. The fourth-order valence-corrected chi connectivity index (χ4v) is 2.35. The lowest BCUT2D eigenvalue weighted by Crippen LogP contribution is -2.41. The third-order valence-corrected chi connectivity index (χ3v) is 4.59. The molecule has 1 saturated heterocycles. The Hall–Kier alpha value is -1.03. The molecule has 1 aliphatic heterocycles. The third-order valence-electron chi connectivity index (χ3n) is 3.69. The molecule has 20 heavy (non-hydrogen) atoms. The van der Waals surface area contributed by atoms with Crippen molar-refractivity contribution >= 4 is 22.6 Å².